The number of hydrogen-bond donors (Lipinski definition) is 0. The predicted molar refractivity (Wildman–Crippen MR) is 83.8 cm³/mol. The molecular weight excluding hydrogens is 332 g/mol. The van der Waals surface area contributed by atoms with Crippen molar-refractivity contribution in [3.8, 4) is 11.4 Å². The predicted octanol–water partition coefficient (Wildman–Crippen LogP) is 2.70. The molecule has 128 valence electrons. The van der Waals surface area contributed by atoms with Crippen LogP contribution >= 0.6 is 0 Å². The van der Waals surface area contributed by atoms with Gasteiger partial charge in [0.1, 0.15) is 0 Å². The molecule has 0 fully saturated rings. The van der Waals surface area contributed by atoms with Crippen molar-refractivity contribution >= 4 is 5.78 Å². The summed E-state index contributed by atoms with van der Waals surface area (Å²) in [7, 11) is 0. The number of halogens is 2. The SMILES string of the molecule is CC(Cn1c(-c2cccnc2)noc1=O)C(=O)c1ccc(F)c(F)c1. The third-order valence-electron chi connectivity index (χ3n) is 3.71. The van der Waals surface area contributed by atoms with Gasteiger partial charge in [-0.05, 0) is 30.3 Å². The van der Waals surface area contributed by atoms with Gasteiger partial charge in [-0.2, -0.15) is 0 Å². The molecule has 0 aliphatic rings. The third-order valence-corrected chi connectivity index (χ3v) is 3.71. The minimum Gasteiger partial charge on any atom is -0.295 e. The molecule has 0 amide bonds. The summed E-state index contributed by atoms with van der Waals surface area (Å²) in [6, 6.07) is 6.31. The molecule has 0 bridgehead atoms. The standard InChI is InChI=1S/C17H13F2N3O3/c1-10(15(23)11-4-5-13(18)14(19)7-11)9-22-16(21-25-17(22)24)12-3-2-6-20-8-12/h2-8,10H,9H2,1H3. The van der Waals surface area contributed by atoms with Crippen LogP contribution in [0.4, 0.5) is 8.78 Å². The van der Waals surface area contributed by atoms with Crippen LogP contribution in [0.25, 0.3) is 11.4 Å². The number of carbonyl (C=O) groups is 1. The van der Waals surface area contributed by atoms with E-state index in [2.05, 4.69) is 14.7 Å². The zero-order valence-corrected chi connectivity index (χ0v) is 13.1. The number of carbonyl (C=O) groups excluding carboxylic acids is 1. The van der Waals surface area contributed by atoms with Gasteiger partial charge in [0.05, 0.1) is 0 Å². The van der Waals surface area contributed by atoms with Crippen LogP contribution in [0.1, 0.15) is 17.3 Å². The molecular formula is C17H13F2N3O3. The molecule has 0 spiro atoms. The van der Waals surface area contributed by atoms with E-state index in [9.17, 15) is 18.4 Å². The quantitative estimate of drug-likeness (QED) is 0.665. The van der Waals surface area contributed by atoms with Crippen LogP contribution in [0.15, 0.2) is 52.0 Å². The zero-order chi connectivity index (χ0) is 18.0. The summed E-state index contributed by atoms with van der Waals surface area (Å²) in [6.45, 7) is 1.56. The van der Waals surface area contributed by atoms with E-state index in [1.807, 2.05) is 0 Å². The molecule has 25 heavy (non-hydrogen) atoms. The van der Waals surface area contributed by atoms with E-state index in [4.69, 9.17) is 0 Å². The van der Waals surface area contributed by atoms with Crippen LogP contribution in [-0.4, -0.2) is 20.5 Å². The Kier molecular flexibility index (Phi) is 4.51. The number of nitrogens with zero attached hydrogens (tertiary/aromatic N) is 3. The highest BCUT2D eigenvalue weighted by Gasteiger charge is 2.21. The molecule has 0 saturated carbocycles. The summed E-state index contributed by atoms with van der Waals surface area (Å²) in [5, 5.41) is 3.71. The summed E-state index contributed by atoms with van der Waals surface area (Å²) in [5.74, 6) is -3.72. The Morgan fingerprint density at radius 2 is 2.08 bits per heavy atom. The summed E-state index contributed by atoms with van der Waals surface area (Å²) >= 11 is 0. The molecule has 0 aliphatic carbocycles. The van der Waals surface area contributed by atoms with Crippen LogP contribution in [-0.2, 0) is 6.54 Å². The average Bonchev–Trinajstić information content (AvgIpc) is 2.98. The molecule has 3 aromatic rings. The minimum absolute atomic E-state index is 0.0234. The smallest absolute Gasteiger partial charge is 0.295 e. The molecule has 6 nitrogen and oxygen atoms in total. The number of rotatable bonds is 5. The first-order chi connectivity index (χ1) is 12.0. The van der Waals surface area contributed by atoms with E-state index in [0.717, 1.165) is 12.1 Å². The first-order valence-corrected chi connectivity index (χ1v) is 7.43. The van der Waals surface area contributed by atoms with Gasteiger partial charge < -0.3 is 0 Å². The Balaban J connectivity index is 1.87. The lowest BCUT2D eigenvalue weighted by Gasteiger charge is -2.12. The highest BCUT2D eigenvalue weighted by atomic mass is 19.2. The summed E-state index contributed by atoms with van der Waals surface area (Å²) in [4.78, 5) is 28.3. The van der Waals surface area contributed by atoms with Crippen molar-refractivity contribution in [3.63, 3.8) is 0 Å². The molecule has 1 unspecified atom stereocenters. The lowest BCUT2D eigenvalue weighted by atomic mass is 9.99. The van der Waals surface area contributed by atoms with E-state index in [-0.39, 0.29) is 17.9 Å². The normalized spacial score (nSPS) is 12.1. The highest BCUT2D eigenvalue weighted by Crippen LogP contribution is 2.18. The van der Waals surface area contributed by atoms with Crippen molar-refractivity contribution in [3.05, 3.63) is 70.5 Å². The van der Waals surface area contributed by atoms with Gasteiger partial charge in [0.25, 0.3) is 0 Å². The van der Waals surface area contributed by atoms with Crippen molar-refractivity contribution in [1.29, 1.82) is 0 Å². The van der Waals surface area contributed by atoms with Crippen LogP contribution in [0, 0.1) is 17.6 Å². The Labute approximate surface area is 140 Å². The molecule has 2 aromatic heterocycles. The summed E-state index contributed by atoms with van der Waals surface area (Å²) in [6.07, 6.45) is 3.08. The molecule has 0 aliphatic heterocycles. The molecule has 1 atom stereocenters. The third kappa shape index (κ3) is 3.37. The van der Waals surface area contributed by atoms with Gasteiger partial charge >= 0.3 is 5.76 Å². The first kappa shape index (κ1) is 16.7. The van der Waals surface area contributed by atoms with E-state index in [1.165, 1.54) is 16.8 Å². The van der Waals surface area contributed by atoms with Gasteiger partial charge in [-0.15, -0.1) is 0 Å². The Bertz CT molecular complexity index is 967. The van der Waals surface area contributed by atoms with Gasteiger partial charge in [0, 0.05) is 36.0 Å². The Morgan fingerprint density at radius 3 is 2.76 bits per heavy atom. The number of hydrogen-bond acceptors (Lipinski definition) is 5. The van der Waals surface area contributed by atoms with Crippen LogP contribution < -0.4 is 5.76 Å². The number of aromatic nitrogens is 3. The molecule has 2 heterocycles. The summed E-state index contributed by atoms with van der Waals surface area (Å²) in [5.41, 5.74) is 0.583. The van der Waals surface area contributed by atoms with Crippen molar-refractivity contribution in [2.75, 3.05) is 0 Å². The molecule has 0 radical (unpaired) electrons. The molecule has 0 N–H and O–H groups in total. The number of Topliss-reactive ketones (excluding diaryl/α,β-unsaturated/α-hetero) is 1. The van der Waals surface area contributed by atoms with Gasteiger partial charge in [0.15, 0.2) is 23.2 Å². The second kappa shape index (κ2) is 6.76. The fourth-order valence-corrected chi connectivity index (χ4v) is 2.42. The van der Waals surface area contributed by atoms with E-state index >= 15 is 0 Å². The van der Waals surface area contributed by atoms with Crippen LogP contribution in [0.2, 0.25) is 0 Å². The van der Waals surface area contributed by atoms with Crippen molar-refractivity contribution < 1.29 is 18.1 Å². The monoisotopic (exact) mass is 345 g/mol. The highest BCUT2D eigenvalue weighted by molar-refractivity contribution is 5.97. The maximum absolute atomic E-state index is 13.3. The maximum Gasteiger partial charge on any atom is 0.441 e. The van der Waals surface area contributed by atoms with Gasteiger partial charge in [-0.3, -0.25) is 18.9 Å². The second-order valence-corrected chi connectivity index (χ2v) is 5.52. The Hall–Kier alpha value is -3.16. The second-order valence-electron chi connectivity index (χ2n) is 5.52. The fourth-order valence-electron chi connectivity index (χ4n) is 2.42. The van der Waals surface area contributed by atoms with Crippen molar-refractivity contribution in [2.24, 2.45) is 5.92 Å². The molecule has 0 saturated heterocycles. The number of ketones is 1. The van der Waals surface area contributed by atoms with E-state index in [1.54, 1.807) is 25.3 Å². The van der Waals surface area contributed by atoms with E-state index in [0.29, 0.717) is 5.56 Å². The first-order valence-electron chi connectivity index (χ1n) is 7.43. The molecule has 8 heteroatoms. The van der Waals surface area contributed by atoms with Gasteiger partial charge in [-0.1, -0.05) is 12.1 Å². The van der Waals surface area contributed by atoms with Crippen LogP contribution in [0.5, 0.6) is 0 Å². The van der Waals surface area contributed by atoms with E-state index < -0.39 is 29.1 Å². The number of pyridine rings is 1. The maximum atomic E-state index is 13.3. The Morgan fingerprint density at radius 1 is 1.28 bits per heavy atom. The van der Waals surface area contributed by atoms with Crippen LogP contribution in [0.3, 0.4) is 0 Å². The number of benzene rings is 1. The largest absolute Gasteiger partial charge is 0.441 e. The molecule has 3 rings (SSSR count). The molecule has 1 aromatic carbocycles. The average molecular weight is 345 g/mol. The van der Waals surface area contributed by atoms with Gasteiger partial charge in [-0.25, -0.2) is 13.6 Å². The lowest BCUT2D eigenvalue weighted by Crippen LogP contribution is -2.24. The zero-order valence-electron chi connectivity index (χ0n) is 13.1. The fraction of sp³-hybridized carbons (Fsp3) is 0.176. The van der Waals surface area contributed by atoms with Gasteiger partial charge in [0.2, 0.25) is 0 Å². The topological polar surface area (TPSA) is 78.0 Å². The van der Waals surface area contributed by atoms with Crippen molar-refractivity contribution in [1.82, 2.24) is 14.7 Å². The summed E-state index contributed by atoms with van der Waals surface area (Å²) < 4.78 is 32.2. The van der Waals surface area contributed by atoms with Crippen molar-refractivity contribution in [2.45, 2.75) is 13.5 Å². The minimum atomic E-state index is -1.10. The lowest BCUT2D eigenvalue weighted by molar-refractivity contribution is 0.0917.